The third kappa shape index (κ3) is 2.18. The molecule has 3 fully saturated rings. The topological polar surface area (TPSA) is 46.6 Å². The third-order valence-corrected chi connectivity index (χ3v) is 8.61. The Morgan fingerprint density at radius 1 is 1.16 bits per heavy atom. The highest BCUT2D eigenvalue weighted by atomic mass is 16.5. The van der Waals surface area contributed by atoms with Crippen molar-refractivity contribution in [1.82, 2.24) is 4.90 Å². The molecule has 1 heterocycles. The summed E-state index contributed by atoms with van der Waals surface area (Å²) in [7, 11) is 3.49. The van der Waals surface area contributed by atoms with Gasteiger partial charge in [0.2, 0.25) is 5.91 Å². The maximum absolute atomic E-state index is 12.3. The lowest BCUT2D eigenvalue weighted by Crippen LogP contribution is -2.59. The van der Waals surface area contributed by atoms with Crippen molar-refractivity contribution in [3.63, 3.8) is 0 Å². The zero-order chi connectivity index (χ0) is 18.0. The Kier molecular flexibility index (Phi) is 3.82. The second kappa shape index (κ2) is 5.59. The van der Waals surface area contributed by atoms with Crippen LogP contribution in [0.15, 0.2) is 12.2 Å². The number of ether oxygens (including phenoxy) is 1. The van der Waals surface area contributed by atoms with E-state index in [-0.39, 0.29) is 28.6 Å². The van der Waals surface area contributed by atoms with Crippen LogP contribution in [0.2, 0.25) is 0 Å². The fourth-order valence-electron chi connectivity index (χ4n) is 7.27. The summed E-state index contributed by atoms with van der Waals surface area (Å²) in [5.41, 5.74) is 0.174. The lowest BCUT2D eigenvalue weighted by molar-refractivity contribution is -0.155. The number of fused-ring (bicyclic) bond motifs is 5. The van der Waals surface area contributed by atoms with Crippen molar-refractivity contribution in [1.29, 1.82) is 0 Å². The quantitative estimate of drug-likeness (QED) is 0.684. The van der Waals surface area contributed by atoms with Gasteiger partial charge in [-0.05, 0) is 67.8 Å². The van der Waals surface area contributed by atoms with Gasteiger partial charge in [-0.2, -0.15) is 0 Å². The lowest BCUT2D eigenvalue weighted by Gasteiger charge is -2.60. The van der Waals surface area contributed by atoms with Gasteiger partial charge in [0.1, 0.15) is 0 Å². The van der Waals surface area contributed by atoms with E-state index >= 15 is 0 Å². The number of carbonyl (C=O) groups excluding carboxylic acids is 2. The number of rotatable bonds is 1. The molecule has 1 aliphatic heterocycles. The van der Waals surface area contributed by atoms with Crippen molar-refractivity contribution in [2.75, 3.05) is 14.2 Å². The van der Waals surface area contributed by atoms with E-state index in [0.717, 1.165) is 32.1 Å². The lowest BCUT2D eigenvalue weighted by atomic mass is 9.47. The highest BCUT2D eigenvalue weighted by Gasteiger charge is 2.61. The van der Waals surface area contributed by atoms with Gasteiger partial charge in [-0.3, -0.25) is 9.59 Å². The zero-order valence-corrected chi connectivity index (χ0v) is 16.0. The molecule has 0 radical (unpaired) electrons. The number of hydrogen-bond donors (Lipinski definition) is 0. The minimum Gasteiger partial charge on any atom is -0.469 e. The van der Waals surface area contributed by atoms with Gasteiger partial charge in [0.15, 0.2) is 0 Å². The normalized spacial score (nSPS) is 48.6. The molecule has 0 N–H and O–H groups in total. The molecule has 0 aromatic carbocycles. The summed E-state index contributed by atoms with van der Waals surface area (Å²) in [5.74, 6) is 2.11. The highest BCUT2D eigenvalue weighted by molar-refractivity contribution is 5.89. The Labute approximate surface area is 151 Å². The van der Waals surface area contributed by atoms with Crippen LogP contribution in [0.4, 0.5) is 0 Å². The molecule has 1 amide bonds. The van der Waals surface area contributed by atoms with Crippen LogP contribution in [-0.4, -0.2) is 37.0 Å². The average Bonchev–Trinajstić information content (AvgIpc) is 2.95. The summed E-state index contributed by atoms with van der Waals surface area (Å²) in [6, 6.07) is 0.327. The molecule has 4 rings (SSSR count). The predicted octanol–water partition coefficient (Wildman–Crippen LogP) is 3.42. The van der Waals surface area contributed by atoms with Gasteiger partial charge < -0.3 is 9.64 Å². The van der Waals surface area contributed by atoms with Gasteiger partial charge in [-0.25, -0.2) is 0 Å². The Bertz CT molecular complexity index is 629. The number of amides is 1. The van der Waals surface area contributed by atoms with Crippen molar-refractivity contribution in [3.8, 4) is 0 Å². The van der Waals surface area contributed by atoms with Crippen LogP contribution in [0.1, 0.15) is 52.4 Å². The minimum absolute atomic E-state index is 0.00811. The van der Waals surface area contributed by atoms with Crippen LogP contribution >= 0.6 is 0 Å². The van der Waals surface area contributed by atoms with Crippen molar-refractivity contribution in [3.05, 3.63) is 12.2 Å². The molecule has 4 aliphatic rings. The molecule has 4 heteroatoms. The SMILES string of the molecule is COC(=O)[C@H]1CCC2C3CCC4N(C)C(=O)C=C[C@]4(C)C3CC[C@@]21C. The number of hydrogen-bond acceptors (Lipinski definition) is 3. The molecule has 3 saturated carbocycles. The first kappa shape index (κ1) is 17.1. The van der Waals surface area contributed by atoms with Crippen molar-refractivity contribution in [2.45, 2.75) is 58.4 Å². The summed E-state index contributed by atoms with van der Waals surface area (Å²) >= 11 is 0. The van der Waals surface area contributed by atoms with Crippen LogP contribution < -0.4 is 0 Å². The van der Waals surface area contributed by atoms with Crippen LogP contribution in [0, 0.1) is 34.5 Å². The summed E-state index contributed by atoms with van der Waals surface area (Å²) in [5, 5.41) is 0. The first-order valence-electron chi connectivity index (χ1n) is 9.87. The molecular formula is C21H31NO3. The van der Waals surface area contributed by atoms with Gasteiger partial charge in [-0.1, -0.05) is 19.9 Å². The molecule has 4 nitrogen and oxygen atoms in total. The van der Waals surface area contributed by atoms with Crippen LogP contribution in [-0.2, 0) is 14.3 Å². The van der Waals surface area contributed by atoms with E-state index in [0.29, 0.717) is 23.8 Å². The summed E-state index contributed by atoms with van der Waals surface area (Å²) < 4.78 is 5.12. The zero-order valence-electron chi connectivity index (χ0n) is 16.0. The monoisotopic (exact) mass is 345 g/mol. The third-order valence-electron chi connectivity index (χ3n) is 8.61. The second-order valence-electron chi connectivity index (χ2n) is 9.32. The molecular weight excluding hydrogens is 314 g/mol. The van der Waals surface area contributed by atoms with E-state index in [9.17, 15) is 9.59 Å². The first-order chi connectivity index (χ1) is 11.8. The molecule has 0 aromatic heterocycles. The van der Waals surface area contributed by atoms with E-state index < -0.39 is 0 Å². The van der Waals surface area contributed by atoms with Crippen LogP contribution in [0.25, 0.3) is 0 Å². The maximum atomic E-state index is 12.3. The fraction of sp³-hybridized carbons (Fsp3) is 0.810. The average molecular weight is 345 g/mol. The molecule has 0 bridgehead atoms. The van der Waals surface area contributed by atoms with Gasteiger partial charge in [0, 0.05) is 18.5 Å². The number of likely N-dealkylation sites (N-methyl/N-ethyl adjacent to an activating group) is 1. The van der Waals surface area contributed by atoms with Gasteiger partial charge >= 0.3 is 5.97 Å². The van der Waals surface area contributed by atoms with E-state index in [2.05, 4.69) is 19.9 Å². The molecule has 7 atom stereocenters. The Hall–Kier alpha value is -1.32. The van der Waals surface area contributed by atoms with E-state index in [1.165, 1.54) is 13.5 Å². The molecule has 0 aromatic rings. The fourth-order valence-corrected chi connectivity index (χ4v) is 7.27. The second-order valence-corrected chi connectivity index (χ2v) is 9.32. The standard InChI is InChI=1S/C21H31NO3/c1-20-11-9-15-13(14(20)6-7-16(20)19(24)25-4)5-8-17-21(15,2)12-10-18(23)22(17)3/h10,12-17H,5-9,11H2,1-4H3/t13?,14?,15?,16-,17?,20+,21-/m1/s1. The predicted molar refractivity (Wildman–Crippen MR) is 95.6 cm³/mol. The number of carbonyl (C=O) groups is 2. The van der Waals surface area contributed by atoms with Gasteiger partial charge in [-0.15, -0.1) is 0 Å². The number of nitrogens with zero attached hydrogens (tertiary/aromatic N) is 1. The Morgan fingerprint density at radius 3 is 2.64 bits per heavy atom. The first-order valence-corrected chi connectivity index (χ1v) is 9.87. The van der Waals surface area contributed by atoms with E-state index in [1.54, 1.807) is 6.08 Å². The molecule has 4 unspecified atom stereocenters. The van der Waals surface area contributed by atoms with Crippen LogP contribution in [0.5, 0.6) is 0 Å². The van der Waals surface area contributed by atoms with Crippen molar-refractivity contribution < 1.29 is 14.3 Å². The number of methoxy groups -OCH3 is 1. The Morgan fingerprint density at radius 2 is 1.92 bits per heavy atom. The molecule has 25 heavy (non-hydrogen) atoms. The molecule has 0 spiro atoms. The minimum atomic E-state index is -0.00811. The van der Waals surface area contributed by atoms with E-state index in [1.807, 2.05) is 11.9 Å². The maximum Gasteiger partial charge on any atom is 0.309 e. The van der Waals surface area contributed by atoms with Crippen molar-refractivity contribution >= 4 is 11.9 Å². The number of esters is 1. The van der Waals surface area contributed by atoms with Crippen molar-refractivity contribution in [2.24, 2.45) is 34.5 Å². The molecule has 138 valence electrons. The summed E-state index contributed by atoms with van der Waals surface area (Å²) in [6.45, 7) is 4.70. The van der Waals surface area contributed by atoms with Crippen LogP contribution in [0.3, 0.4) is 0 Å². The van der Waals surface area contributed by atoms with E-state index in [4.69, 9.17) is 4.74 Å². The van der Waals surface area contributed by atoms with Gasteiger partial charge in [0.05, 0.1) is 13.0 Å². The summed E-state index contributed by atoms with van der Waals surface area (Å²) in [4.78, 5) is 26.4. The largest absolute Gasteiger partial charge is 0.469 e. The molecule has 0 saturated heterocycles. The smallest absolute Gasteiger partial charge is 0.309 e. The Balaban J connectivity index is 1.65. The highest BCUT2D eigenvalue weighted by Crippen LogP contribution is 2.65. The molecule has 3 aliphatic carbocycles. The summed E-state index contributed by atoms with van der Waals surface area (Å²) in [6.07, 6.45) is 10.7. The van der Waals surface area contributed by atoms with Gasteiger partial charge in [0.25, 0.3) is 0 Å².